The molecular weight excluding hydrogens is 396 g/mol. The maximum absolute atomic E-state index is 12.5. The van der Waals surface area contributed by atoms with Crippen molar-refractivity contribution in [2.75, 3.05) is 11.4 Å². The number of aromatic nitrogens is 1. The van der Waals surface area contributed by atoms with Gasteiger partial charge in [-0.15, -0.1) is 0 Å². The molecule has 0 fully saturated rings. The van der Waals surface area contributed by atoms with Gasteiger partial charge in [-0.3, -0.25) is 14.6 Å². The molecule has 30 heavy (non-hydrogen) atoms. The molecule has 1 aromatic heterocycles. The Morgan fingerprint density at radius 2 is 1.93 bits per heavy atom. The van der Waals surface area contributed by atoms with Crippen molar-refractivity contribution in [3.63, 3.8) is 0 Å². The molecule has 0 N–H and O–H groups in total. The number of benzene rings is 2. The first kappa shape index (κ1) is 20.3. The number of halogens is 1. The Labute approximate surface area is 181 Å². The van der Waals surface area contributed by atoms with Crippen LogP contribution in [-0.4, -0.2) is 23.2 Å². The Bertz CT molecular complexity index is 1080. The summed E-state index contributed by atoms with van der Waals surface area (Å²) in [4.78, 5) is 30.6. The summed E-state index contributed by atoms with van der Waals surface area (Å²) >= 11 is 6.56. The molecule has 0 unspecified atom stereocenters. The molecule has 0 atom stereocenters. The van der Waals surface area contributed by atoms with Crippen molar-refractivity contribution in [1.29, 1.82) is 0 Å². The van der Waals surface area contributed by atoms with Crippen molar-refractivity contribution in [1.82, 2.24) is 4.98 Å². The normalized spacial score (nSPS) is 12.7. The van der Waals surface area contributed by atoms with E-state index in [-0.39, 0.29) is 11.7 Å². The second-order valence-electron chi connectivity index (χ2n) is 7.47. The molecule has 0 bridgehead atoms. The van der Waals surface area contributed by atoms with Crippen LogP contribution < -0.4 is 4.90 Å². The van der Waals surface area contributed by atoms with Gasteiger partial charge in [-0.1, -0.05) is 48.9 Å². The van der Waals surface area contributed by atoms with Gasteiger partial charge in [0.05, 0.1) is 5.02 Å². The number of ketones is 1. The highest BCUT2D eigenvalue weighted by Crippen LogP contribution is 2.38. The van der Waals surface area contributed by atoms with E-state index in [1.165, 1.54) is 0 Å². The summed E-state index contributed by atoms with van der Waals surface area (Å²) in [5, 5.41) is 0.611. The number of carbonyl (C=O) groups is 2. The highest BCUT2D eigenvalue weighted by Gasteiger charge is 2.25. The van der Waals surface area contributed by atoms with E-state index in [1.54, 1.807) is 12.4 Å². The minimum absolute atomic E-state index is 0.110. The number of aryl methyl sites for hydroxylation is 1. The first-order chi connectivity index (χ1) is 14.6. The molecular formula is C25H23ClN2O2. The number of carbonyl (C=O) groups excluding carboxylic acids is 2. The van der Waals surface area contributed by atoms with Crippen LogP contribution in [0.4, 0.5) is 5.69 Å². The second-order valence-corrected chi connectivity index (χ2v) is 7.88. The summed E-state index contributed by atoms with van der Waals surface area (Å²) < 4.78 is 0. The molecule has 1 aliphatic heterocycles. The third-order valence-electron chi connectivity index (χ3n) is 5.55. The van der Waals surface area contributed by atoms with Gasteiger partial charge < -0.3 is 4.90 Å². The predicted molar refractivity (Wildman–Crippen MR) is 120 cm³/mol. The van der Waals surface area contributed by atoms with Crippen LogP contribution in [0.25, 0.3) is 11.1 Å². The Morgan fingerprint density at radius 1 is 1.13 bits per heavy atom. The maximum Gasteiger partial charge on any atom is 0.226 e. The van der Waals surface area contributed by atoms with E-state index >= 15 is 0 Å². The van der Waals surface area contributed by atoms with Gasteiger partial charge in [0.2, 0.25) is 5.91 Å². The fourth-order valence-electron chi connectivity index (χ4n) is 3.87. The van der Waals surface area contributed by atoms with E-state index in [2.05, 4.69) is 11.1 Å². The molecule has 1 amide bonds. The fourth-order valence-corrected chi connectivity index (χ4v) is 4.13. The van der Waals surface area contributed by atoms with Crippen LogP contribution in [0, 0.1) is 0 Å². The Kier molecular flexibility index (Phi) is 5.96. The van der Waals surface area contributed by atoms with Gasteiger partial charge in [0.15, 0.2) is 5.78 Å². The highest BCUT2D eigenvalue weighted by molar-refractivity contribution is 6.33. The Morgan fingerprint density at radius 3 is 2.63 bits per heavy atom. The summed E-state index contributed by atoms with van der Waals surface area (Å²) in [6.45, 7) is 2.57. The van der Waals surface area contributed by atoms with E-state index in [9.17, 15) is 9.59 Å². The smallest absolute Gasteiger partial charge is 0.226 e. The summed E-state index contributed by atoms with van der Waals surface area (Å²) in [7, 11) is 0. The standard InChI is InChI=1S/C25H23ClN2O2/c1-2-25(30)28-13-11-20-14-21(22(26)15-23(20)28)18-6-8-19(9-7-18)24(29)10-5-17-4-3-12-27-16-17/h3-4,6-9,12,14-16H,2,5,10-11,13H2,1H3. The quantitative estimate of drug-likeness (QED) is 0.495. The lowest BCUT2D eigenvalue weighted by molar-refractivity contribution is -0.118. The van der Waals surface area contributed by atoms with Crippen LogP contribution in [0.2, 0.25) is 5.02 Å². The van der Waals surface area contributed by atoms with Gasteiger partial charge in [0.1, 0.15) is 0 Å². The fraction of sp³-hybridized carbons (Fsp3) is 0.240. The van der Waals surface area contributed by atoms with E-state index in [0.717, 1.165) is 34.4 Å². The van der Waals surface area contributed by atoms with Gasteiger partial charge in [-0.25, -0.2) is 0 Å². The molecule has 2 heterocycles. The van der Waals surface area contributed by atoms with Gasteiger partial charge in [0.25, 0.3) is 0 Å². The van der Waals surface area contributed by atoms with Crippen LogP contribution in [0.15, 0.2) is 60.9 Å². The number of fused-ring (bicyclic) bond motifs is 1. The molecule has 3 aromatic rings. The highest BCUT2D eigenvalue weighted by atomic mass is 35.5. The molecule has 0 saturated carbocycles. The zero-order valence-electron chi connectivity index (χ0n) is 16.9. The van der Waals surface area contributed by atoms with Crippen molar-refractivity contribution in [3.8, 4) is 11.1 Å². The summed E-state index contributed by atoms with van der Waals surface area (Å²) in [5.41, 5.74) is 5.69. The van der Waals surface area contributed by atoms with Crippen LogP contribution in [0.1, 0.15) is 41.3 Å². The van der Waals surface area contributed by atoms with Crippen LogP contribution >= 0.6 is 11.6 Å². The topological polar surface area (TPSA) is 50.3 Å². The third-order valence-corrected chi connectivity index (χ3v) is 5.86. The van der Waals surface area contributed by atoms with Crippen molar-refractivity contribution in [2.45, 2.75) is 32.6 Å². The molecule has 0 radical (unpaired) electrons. The Hall–Kier alpha value is -2.98. The monoisotopic (exact) mass is 418 g/mol. The largest absolute Gasteiger partial charge is 0.312 e. The molecule has 5 heteroatoms. The predicted octanol–water partition coefficient (Wildman–Crippen LogP) is 5.52. The SMILES string of the molecule is CCC(=O)N1CCc2cc(-c3ccc(C(=O)CCc4cccnc4)cc3)c(Cl)cc21. The molecule has 4 nitrogen and oxygen atoms in total. The molecule has 0 saturated heterocycles. The van der Waals surface area contributed by atoms with Crippen molar-refractivity contribution >= 4 is 29.0 Å². The molecule has 152 valence electrons. The molecule has 2 aromatic carbocycles. The minimum atomic E-state index is 0.110. The number of anilines is 1. The van der Waals surface area contributed by atoms with Crippen LogP contribution in [0.3, 0.4) is 0 Å². The van der Waals surface area contributed by atoms with Crippen LogP contribution in [0.5, 0.6) is 0 Å². The second kappa shape index (κ2) is 8.80. The molecule has 1 aliphatic rings. The van der Waals surface area contributed by atoms with Gasteiger partial charge in [-0.05, 0) is 47.7 Å². The van der Waals surface area contributed by atoms with E-state index in [1.807, 2.05) is 54.3 Å². The van der Waals surface area contributed by atoms with Gasteiger partial charge >= 0.3 is 0 Å². The summed E-state index contributed by atoms with van der Waals surface area (Å²) in [6, 6.07) is 15.4. The molecule has 0 spiro atoms. The molecule has 4 rings (SSSR count). The average Bonchev–Trinajstić information content (AvgIpc) is 3.20. The zero-order valence-corrected chi connectivity index (χ0v) is 17.7. The van der Waals surface area contributed by atoms with Gasteiger partial charge in [0, 0.05) is 48.6 Å². The van der Waals surface area contributed by atoms with Gasteiger partial charge in [-0.2, -0.15) is 0 Å². The number of rotatable bonds is 6. The Balaban J connectivity index is 1.50. The number of nitrogens with zero attached hydrogens (tertiary/aromatic N) is 2. The van der Waals surface area contributed by atoms with Crippen molar-refractivity contribution in [2.24, 2.45) is 0 Å². The lowest BCUT2D eigenvalue weighted by atomic mass is 9.98. The summed E-state index contributed by atoms with van der Waals surface area (Å²) in [5.74, 6) is 0.228. The first-order valence-electron chi connectivity index (χ1n) is 10.2. The minimum Gasteiger partial charge on any atom is -0.312 e. The third kappa shape index (κ3) is 4.14. The van der Waals surface area contributed by atoms with Crippen molar-refractivity contribution < 1.29 is 9.59 Å². The first-order valence-corrected chi connectivity index (χ1v) is 10.6. The van der Waals surface area contributed by atoms with E-state index in [4.69, 9.17) is 11.6 Å². The van der Waals surface area contributed by atoms with E-state index < -0.39 is 0 Å². The molecule has 0 aliphatic carbocycles. The zero-order chi connectivity index (χ0) is 21.1. The van der Waals surface area contributed by atoms with E-state index in [0.29, 0.717) is 36.4 Å². The lowest BCUT2D eigenvalue weighted by Gasteiger charge is -2.17. The number of amides is 1. The number of Topliss-reactive ketones (excluding diaryl/α,β-unsaturated/α-hetero) is 1. The average molecular weight is 419 g/mol. The number of hydrogen-bond acceptors (Lipinski definition) is 3. The summed E-state index contributed by atoms with van der Waals surface area (Å²) in [6.07, 6.45) is 5.96. The van der Waals surface area contributed by atoms with Crippen LogP contribution in [-0.2, 0) is 17.6 Å². The number of hydrogen-bond donors (Lipinski definition) is 0. The van der Waals surface area contributed by atoms with Crippen molar-refractivity contribution in [3.05, 3.63) is 82.6 Å². The lowest BCUT2D eigenvalue weighted by Crippen LogP contribution is -2.27. The maximum atomic E-state index is 12.5. The number of pyridine rings is 1.